The maximum atomic E-state index is 11.7. The molecule has 0 radical (unpaired) electrons. The Balaban J connectivity index is 1.94. The van der Waals surface area contributed by atoms with Crippen LogP contribution in [0.1, 0.15) is 24.3 Å². The van der Waals surface area contributed by atoms with E-state index in [-0.39, 0.29) is 6.04 Å². The summed E-state index contributed by atoms with van der Waals surface area (Å²) < 4.78 is 5.20. The molecular formula is C14H15NO2S. The minimum Gasteiger partial charge on any atom is -0.410 e. The van der Waals surface area contributed by atoms with Crippen molar-refractivity contribution in [2.45, 2.75) is 19.4 Å². The van der Waals surface area contributed by atoms with E-state index in [0.29, 0.717) is 5.75 Å². The zero-order valence-electron chi connectivity index (χ0n) is 10.1. The van der Waals surface area contributed by atoms with Crippen LogP contribution in [-0.2, 0) is 0 Å². The van der Waals surface area contributed by atoms with Crippen molar-refractivity contribution in [3.8, 4) is 5.75 Å². The van der Waals surface area contributed by atoms with Crippen LogP contribution in [0.3, 0.4) is 0 Å². The molecule has 0 fully saturated rings. The number of carbonyl (C=O) groups is 1. The second-order valence-electron chi connectivity index (χ2n) is 3.82. The first-order valence-electron chi connectivity index (χ1n) is 5.86. The van der Waals surface area contributed by atoms with Gasteiger partial charge in [0.15, 0.2) is 0 Å². The predicted octanol–water partition coefficient (Wildman–Crippen LogP) is 3.99. The average Bonchev–Trinajstić information content (AvgIpc) is 2.91. The van der Waals surface area contributed by atoms with Crippen LogP contribution >= 0.6 is 11.3 Å². The zero-order valence-corrected chi connectivity index (χ0v) is 10.9. The van der Waals surface area contributed by atoms with Crippen molar-refractivity contribution < 1.29 is 9.53 Å². The molecule has 3 nitrogen and oxygen atoms in total. The van der Waals surface area contributed by atoms with Gasteiger partial charge in [0.25, 0.3) is 0 Å². The molecule has 4 heteroatoms. The highest BCUT2D eigenvalue weighted by Gasteiger charge is 2.14. The summed E-state index contributed by atoms with van der Waals surface area (Å²) >= 11 is 1.63. The summed E-state index contributed by atoms with van der Waals surface area (Å²) in [5, 5.41) is 4.87. The molecule has 1 N–H and O–H groups in total. The van der Waals surface area contributed by atoms with Gasteiger partial charge in [0, 0.05) is 4.88 Å². The lowest BCUT2D eigenvalue weighted by Gasteiger charge is -2.15. The van der Waals surface area contributed by atoms with E-state index in [4.69, 9.17) is 4.74 Å². The molecule has 0 saturated carbocycles. The summed E-state index contributed by atoms with van der Waals surface area (Å²) in [6.45, 7) is 2.03. The molecule has 1 aromatic carbocycles. The normalized spacial score (nSPS) is 11.8. The van der Waals surface area contributed by atoms with E-state index in [0.717, 1.165) is 11.3 Å². The quantitative estimate of drug-likeness (QED) is 0.903. The first kappa shape index (κ1) is 12.6. The molecule has 0 aliphatic heterocycles. The number of amides is 1. The second-order valence-corrected chi connectivity index (χ2v) is 4.80. The number of para-hydroxylation sites is 1. The third-order valence-electron chi connectivity index (χ3n) is 2.54. The summed E-state index contributed by atoms with van der Waals surface area (Å²) in [7, 11) is 0. The minimum atomic E-state index is -0.415. The zero-order chi connectivity index (χ0) is 12.8. The Kier molecular flexibility index (Phi) is 4.36. The first-order chi connectivity index (χ1) is 8.79. The van der Waals surface area contributed by atoms with Crippen molar-refractivity contribution in [3.63, 3.8) is 0 Å². The van der Waals surface area contributed by atoms with E-state index in [9.17, 15) is 4.79 Å². The Morgan fingerprint density at radius 1 is 1.28 bits per heavy atom. The lowest BCUT2D eigenvalue weighted by molar-refractivity contribution is 0.196. The highest BCUT2D eigenvalue weighted by Crippen LogP contribution is 2.21. The fraction of sp³-hybridized carbons (Fsp3) is 0.214. The number of hydrogen-bond donors (Lipinski definition) is 1. The molecule has 0 aliphatic rings. The molecule has 1 unspecified atom stereocenters. The fourth-order valence-corrected chi connectivity index (χ4v) is 2.49. The monoisotopic (exact) mass is 261 g/mol. The number of rotatable bonds is 4. The Morgan fingerprint density at radius 3 is 2.67 bits per heavy atom. The summed E-state index contributed by atoms with van der Waals surface area (Å²) in [6.07, 6.45) is 0.422. The molecule has 1 aromatic heterocycles. The molecular weight excluding hydrogens is 246 g/mol. The van der Waals surface area contributed by atoms with Crippen molar-refractivity contribution in [3.05, 3.63) is 52.7 Å². The number of thiophene rings is 1. The van der Waals surface area contributed by atoms with Crippen LogP contribution in [-0.4, -0.2) is 6.09 Å². The van der Waals surface area contributed by atoms with Crippen molar-refractivity contribution in [1.82, 2.24) is 5.32 Å². The molecule has 1 amide bonds. The van der Waals surface area contributed by atoms with Gasteiger partial charge in [-0.1, -0.05) is 31.2 Å². The summed E-state index contributed by atoms with van der Waals surface area (Å²) in [6, 6.07) is 13.1. The third kappa shape index (κ3) is 3.34. The molecule has 0 aliphatic carbocycles. The largest absolute Gasteiger partial charge is 0.413 e. The van der Waals surface area contributed by atoms with Crippen molar-refractivity contribution in [2.75, 3.05) is 0 Å². The fourth-order valence-electron chi connectivity index (χ4n) is 1.63. The van der Waals surface area contributed by atoms with Crippen LogP contribution in [0.2, 0.25) is 0 Å². The maximum absolute atomic E-state index is 11.7. The minimum absolute atomic E-state index is 0.0150. The van der Waals surface area contributed by atoms with Gasteiger partial charge >= 0.3 is 6.09 Å². The van der Waals surface area contributed by atoms with Gasteiger partial charge in [-0.15, -0.1) is 11.3 Å². The number of hydrogen-bond acceptors (Lipinski definition) is 3. The van der Waals surface area contributed by atoms with E-state index in [1.54, 1.807) is 23.5 Å². The van der Waals surface area contributed by atoms with Gasteiger partial charge in [0.2, 0.25) is 0 Å². The van der Waals surface area contributed by atoms with Gasteiger partial charge in [-0.3, -0.25) is 0 Å². The maximum Gasteiger partial charge on any atom is 0.413 e. The summed E-state index contributed by atoms with van der Waals surface area (Å²) in [5.74, 6) is 0.552. The third-order valence-corrected chi connectivity index (χ3v) is 3.53. The SMILES string of the molecule is CCC(NC(=O)Oc1ccccc1)c1cccs1. The van der Waals surface area contributed by atoms with Crippen LogP contribution in [0.25, 0.3) is 0 Å². The molecule has 1 atom stereocenters. The first-order valence-corrected chi connectivity index (χ1v) is 6.74. The Hall–Kier alpha value is -1.81. The Bertz CT molecular complexity index is 482. The highest BCUT2D eigenvalue weighted by molar-refractivity contribution is 7.10. The molecule has 2 rings (SSSR count). The predicted molar refractivity (Wildman–Crippen MR) is 73.0 cm³/mol. The van der Waals surface area contributed by atoms with Gasteiger partial charge in [0.1, 0.15) is 5.75 Å². The van der Waals surface area contributed by atoms with Crippen LogP contribution in [0, 0.1) is 0 Å². The molecule has 1 heterocycles. The van der Waals surface area contributed by atoms with Crippen molar-refractivity contribution in [2.24, 2.45) is 0 Å². The van der Waals surface area contributed by atoms with Gasteiger partial charge in [-0.25, -0.2) is 4.79 Å². The van der Waals surface area contributed by atoms with Crippen LogP contribution in [0.5, 0.6) is 5.75 Å². The number of carbonyl (C=O) groups excluding carboxylic acids is 1. The van der Waals surface area contributed by atoms with Gasteiger partial charge in [0.05, 0.1) is 6.04 Å². The summed E-state index contributed by atoms with van der Waals surface area (Å²) in [5.41, 5.74) is 0. The van der Waals surface area contributed by atoms with E-state index >= 15 is 0 Å². The van der Waals surface area contributed by atoms with Gasteiger partial charge in [-0.2, -0.15) is 0 Å². The average molecular weight is 261 g/mol. The van der Waals surface area contributed by atoms with Crippen LogP contribution < -0.4 is 10.1 Å². The molecule has 0 bridgehead atoms. The molecule has 0 saturated heterocycles. The summed E-state index contributed by atoms with van der Waals surface area (Å²) in [4.78, 5) is 12.9. The standard InChI is InChI=1S/C14H15NO2S/c1-2-12(13-9-6-10-18-13)15-14(16)17-11-7-4-3-5-8-11/h3-10,12H,2H2,1H3,(H,15,16). The van der Waals surface area contributed by atoms with Gasteiger partial charge in [-0.05, 0) is 30.0 Å². The van der Waals surface area contributed by atoms with Crippen molar-refractivity contribution >= 4 is 17.4 Å². The van der Waals surface area contributed by atoms with E-state index < -0.39 is 6.09 Å². The van der Waals surface area contributed by atoms with E-state index in [1.165, 1.54) is 0 Å². The highest BCUT2D eigenvalue weighted by atomic mass is 32.1. The number of nitrogens with one attached hydrogen (secondary N) is 1. The molecule has 18 heavy (non-hydrogen) atoms. The molecule has 0 spiro atoms. The lowest BCUT2D eigenvalue weighted by Crippen LogP contribution is -2.30. The van der Waals surface area contributed by atoms with E-state index in [2.05, 4.69) is 5.32 Å². The van der Waals surface area contributed by atoms with E-state index in [1.807, 2.05) is 42.6 Å². The van der Waals surface area contributed by atoms with Crippen molar-refractivity contribution in [1.29, 1.82) is 0 Å². The van der Waals surface area contributed by atoms with Gasteiger partial charge < -0.3 is 10.1 Å². The lowest BCUT2D eigenvalue weighted by atomic mass is 10.2. The molecule has 94 valence electrons. The molecule has 2 aromatic rings. The smallest absolute Gasteiger partial charge is 0.410 e. The number of benzene rings is 1. The van der Waals surface area contributed by atoms with Crippen LogP contribution in [0.15, 0.2) is 47.8 Å². The Morgan fingerprint density at radius 2 is 2.06 bits per heavy atom. The Labute approximate surface area is 110 Å². The second kappa shape index (κ2) is 6.21. The number of ether oxygens (including phenoxy) is 1. The van der Waals surface area contributed by atoms with Crippen LogP contribution in [0.4, 0.5) is 4.79 Å². The topological polar surface area (TPSA) is 38.3 Å².